The molecule has 8 atom stereocenters. The highest BCUT2D eigenvalue weighted by Gasteiger charge is 2.76. The van der Waals surface area contributed by atoms with E-state index in [1.165, 1.54) is 4.90 Å². The fraction of sp³-hybridized carbons (Fsp3) is 0.535. The van der Waals surface area contributed by atoms with Crippen molar-refractivity contribution in [1.82, 2.24) is 15.1 Å². The van der Waals surface area contributed by atoms with Crippen molar-refractivity contribution in [1.29, 1.82) is 0 Å². The van der Waals surface area contributed by atoms with Crippen LogP contribution in [-0.4, -0.2) is 81.1 Å². The minimum atomic E-state index is -1.32. The van der Waals surface area contributed by atoms with Gasteiger partial charge >= 0.3 is 5.97 Å². The summed E-state index contributed by atoms with van der Waals surface area (Å²) >= 11 is 0. The van der Waals surface area contributed by atoms with E-state index in [0.717, 1.165) is 0 Å². The van der Waals surface area contributed by atoms with Crippen LogP contribution in [0.4, 0.5) is 0 Å². The van der Waals surface area contributed by atoms with Gasteiger partial charge in [-0.1, -0.05) is 93.6 Å². The number of esters is 1. The molecule has 2 aromatic carbocycles. The molecule has 3 fully saturated rings. The lowest BCUT2D eigenvalue weighted by Crippen LogP contribution is -2.61. The zero-order valence-electron chi connectivity index (χ0n) is 32.1. The van der Waals surface area contributed by atoms with Gasteiger partial charge < -0.3 is 29.7 Å². The average molecular weight is 728 g/mol. The number of nitrogens with one attached hydrogen (secondary N) is 1. The topological polar surface area (TPSA) is 125 Å². The summed E-state index contributed by atoms with van der Waals surface area (Å²) in [6, 6.07) is 15.8. The van der Waals surface area contributed by atoms with Crippen molar-refractivity contribution in [2.45, 2.75) is 115 Å². The Labute approximate surface area is 314 Å². The number of ether oxygens (including phenoxy) is 2. The summed E-state index contributed by atoms with van der Waals surface area (Å²) in [5.41, 5.74) is -0.732. The molecule has 0 radical (unpaired) electrons. The van der Waals surface area contributed by atoms with E-state index in [4.69, 9.17) is 9.47 Å². The van der Waals surface area contributed by atoms with E-state index in [-0.39, 0.29) is 30.2 Å². The maximum Gasteiger partial charge on any atom is 0.313 e. The van der Waals surface area contributed by atoms with Gasteiger partial charge in [-0.05, 0) is 63.0 Å². The van der Waals surface area contributed by atoms with Gasteiger partial charge in [0.15, 0.2) is 0 Å². The van der Waals surface area contributed by atoms with E-state index < -0.39 is 71.8 Å². The number of likely N-dealkylation sites (tertiary alicyclic amines) is 1. The van der Waals surface area contributed by atoms with Crippen LogP contribution in [0.5, 0.6) is 0 Å². The van der Waals surface area contributed by atoms with Crippen LogP contribution in [-0.2, 0) is 28.7 Å². The summed E-state index contributed by atoms with van der Waals surface area (Å²) in [5, 5.41) is 13.9. The largest absolute Gasteiger partial charge is 0.455 e. The zero-order chi connectivity index (χ0) is 38.7. The number of aliphatic hydroxyl groups is 1. The highest BCUT2D eigenvalue weighted by atomic mass is 16.6. The minimum Gasteiger partial charge on any atom is -0.455 e. The Balaban J connectivity index is 1.56. The first kappa shape index (κ1) is 39.9. The molecule has 2 bridgehead atoms. The molecule has 10 nitrogen and oxygen atoms in total. The van der Waals surface area contributed by atoms with Gasteiger partial charge in [0.2, 0.25) is 17.7 Å². The van der Waals surface area contributed by atoms with E-state index in [2.05, 4.69) is 39.2 Å². The highest BCUT2D eigenvalue weighted by molar-refractivity contribution is 5.98. The van der Waals surface area contributed by atoms with Crippen LogP contribution in [0.15, 0.2) is 86.0 Å². The molecule has 3 aliphatic rings. The Morgan fingerprint density at radius 3 is 2.23 bits per heavy atom. The van der Waals surface area contributed by atoms with Gasteiger partial charge in [0.25, 0.3) is 0 Å². The number of hydrogen-bond donors (Lipinski definition) is 2. The van der Waals surface area contributed by atoms with Crippen LogP contribution < -0.4 is 5.32 Å². The summed E-state index contributed by atoms with van der Waals surface area (Å²) in [5.74, 6) is -3.58. The lowest BCUT2D eigenvalue weighted by Gasteiger charge is -2.46. The number of amides is 3. The average Bonchev–Trinajstić information content (AvgIpc) is 3.76. The Kier molecular flexibility index (Phi) is 12.0. The van der Waals surface area contributed by atoms with Gasteiger partial charge in [0.05, 0.1) is 36.6 Å². The van der Waals surface area contributed by atoms with Crippen molar-refractivity contribution in [3.05, 3.63) is 97.1 Å². The first-order chi connectivity index (χ1) is 25.1. The van der Waals surface area contributed by atoms with Crippen LogP contribution >= 0.6 is 0 Å². The molecule has 0 unspecified atom stereocenters. The summed E-state index contributed by atoms with van der Waals surface area (Å²) in [6.07, 6.45) is 4.11. The van der Waals surface area contributed by atoms with Crippen molar-refractivity contribution >= 4 is 23.7 Å². The smallest absolute Gasteiger partial charge is 0.313 e. The monoisotopic (exact) mass is 727 g/mol. The number of carbonyl (C=O) groups is 4. The lowest BCUT2D eigenvalue weighted by molar-refractivity contribution is -0.163. The third kappa shape index (κ3) is 7.99. The van der Waals surface area contributed by atoms with Crippen molar-refractivity contribution < 1.29 is 33.8 Å². The standard InChI is InChI=1S/C43H57N3O7/c1-9-11-22-33(48)44-28(3)36(30-20-16-13-17-21-30)52-40(51)34-32-23-24-43(53-32)35(34)38(49)46(31(26-47)29-18-14-12-15-19-29)37(43)39(50)45(25-10-2)42(7,8)27-41(4,5)6/h9-10,12-21,28,31-32,34-37,47H,1-2,11,22-27H2,3-8H3,(H,44,48)/t28-,31-,32+,34-,35-,36-,37+,43-/m1/s1. The third-order valence-electron chi connectivity index (χ3n) is 11.0. The molecule has 0 aromatic heterocycles. The fourth-order valence-corrected chi connectivity index (χ4v) is 9.25. The van der Waals surface area contributed by atoms with E-state index >= 15 is 9.59 Å². The first-order valence-corrected chi connectivity index (χ1v) is 18.8. The number of rotatable bonds is 16. The molecule has 3 amide bonds. The molecule has 10 heteroatoms. The first-order valence-electron chi connectivity index (χ1n) is 18.8. The van der Waals surface area contributed by atoms with Gasteiger partial charge in [0, 0.05) is 18.5 Å². The maximum absolute atomic E-state index is 15.3. The lowest BCUT2D eigenvalue weighted by atomic mass is 9.70. The Morgan fingerprint density at radius 2 is 1.66 bits per heavy atom. The third-order valence-corrected chi connectivity index (χ3v) is 11.0. The van der Waals surface area contributed by atoms with E-state index in [1.54, 1.807) is 24.0 Å². The molecule has 3 saturated heterocycles. The number of aliphatic hydroxyl groups excluding tert-OH is 1. The molecule has 1 spiro atoms. The molecule has 3 aliphatic heterocycles. The maximum atomic E-state index is 15.3. The van der Waals surface area contributed by atoms with Crippen molar-refractivity contribution in [2.24, 2.45) is 17.3 Å². The van der Waals surface area contributed by atoms with Crippen molar-refractivity contribution in [3.8, 4) is 0 Å². The van der Waals surface area contributed by atoms with Gasteiger partial charge in [-0.3, -0.25) is 19.2 Å². The summed E-state index contributed by atoms with van der Waals surface area (Å²) < 4.78 is 13.1. The molecular formula is C43H57N3O7. The number of benzene rings is 2. The number of nitrogens with zero attached hydrogens (tertiary/aromatic N) is 2. The number of allylic oxidation sites excluding steroid dienone is 1. The molecule has 3 heterocycles. The fourth-order valence-electron chi connectivity index (χ4n) is 9.25. The predicted molar refractivity (Wildman–Crippen MR) is 203 cm³/mol. The van der Waals surface area contributed by atoms with E-state index in [0.29, 0.717) is 36.8 Å². The molecule has 2 aromatic rings. The Morgan fingerprint density at radius 1 is 1.04 bits per heavy atom. The Bertz CT molecular complexity index is 1650. The van der Waals surface area contributed by atoms with Gasteiger partial charge in [-0.25, -0.2) is 0 Å². The van der Waals surface area contributed by atoms with Gasteiger partial charge in [-0.15, -0.1) is 13.2 Å². The normalized spacial score (nSPS) is 25.3. The molecule has 0 aliphatic carbocycles. The highest BCUT2D eigenvalue weighted by Crippen LogP contribution is 2.60. The molecule has 5 rings (SSSR count). The van der Waals surface area contributed by atoms with Crippen LogP contribution in [0, 0.1) is 17.3 Å². The molecule has 0 saturated carbocycles. The molecule has 53 heavy (non-hydrogen) atoms. The Hall–Kier alpha value is -4.28. The molecule has 286 valence electrons. The quantitative estimate of drug-likeness (QED) is 0.159. The van der Waals surface area contributed by atoms with E-state index in [1.807, 2.05) is 74.5 Å². The summed E-state index contributed by atoms with van der Waals surface area (Å²) in [4.78, 5) is 60.9. The predicted octanol–water partition coefficient (Wildman–Crippen LogP) is 6.08. The van der Waals surface area contributed by atoms with Gasteiger partial charge in [-0.2, -0.15) is 0 Å². The van der Waals surface area contributed by atoms with Crippen LogP contribution in [0.25, 0.3) is 0 Å². The zero-order valence-corrected chi connectivity index (χ0v) is 32.1. The summed E-state index contributed by atoms with van der Waals surface area (Å²) in [6.45, 7) is 19.6. The van der Waals surface area contributed by atoms with Crippen LogP contribution in [0.1, 0.15) is 96.9 Å². The molecular weight excluding hydrogens is 670 g/mol. The van der Waals surface area contributed by atoms with Gasteiger partial charge in [0.1, 0.15) is 17.7 Å². The number of fused-ring (bicyclic) bond motifs is 1. The second-order valence-electron chi connectivity index (χ2n) is 16.6. The van der Waals surface area contributed by atoms with Crippen LogP contribution in [0.2, 0.25) is 0 Å². The molecule has 2 N–H and O–H groups in total. The van der Waals surface area contributed by atoms with Crippen LogP contribution in [0.3, 0.4) is 0 Å². The number of carbonyl (C=O) groups excluding carboxylic acids is 4. The minimum absolute atomic E-state index is 0.123. The van der Waals surface area contributed by atoms with E-state index in [9.17, 15) is 14.7 Å². The summed E-state index contributed by atoms with van der Waals surface area (Å²) in [7, 11) is 0. The SMILES string of the molecule is C=CCCC(=O)N[C@H](C)[C@@H](OC(=O)[C@@H]1[C@@H]2CC[C@]3(O2)[C@H](C(=O)N(CC=C)C(C)(C)CC(C)(C)C)N([C@H](CO)c2ccccc2)C(=O)[C@@H]13)c1ccccc1. The second kappa shape index (κ2) is 16.0. The van der Waals surface area contributed by atoms with Crippen molar-refractivity contribution in [3.63, 3.8) is 0 Å². The number of hydrogen-bond acceptors (Lipinski definition) is 7. The van der Waals surface area contributed by atoms with Crippen molar-refractivity contribution in [2.75, 3.05) is 13.2 Å². The second-order valence-corrected chi connectivity index (χ2v) is 16.6.